The highest BCUT2D eigenvalue weighted by Gasteiger charge is 2.28. The lowest BCUT2D eigenvalue weighted by molar-refractivity contribution is 0.190. The fraction of sp³-hybridized carbons (Fsp3) is 1.00. The highest BCUT2D eigenvalue weighted by atomic mass is 16.3. The van der Waals surface area contributed by atoms with Crippen LogP contribution < -0.4 is 5.32 Å². The van der Waals surface area contributed by atoms with E-state index in [1.807, 2.05) is 0 Å². The van der Waals surface area contributed by atoms with Gasteiger partial charge in [-0.15, -0.1) is 0 Å². The van der Waals surface area contributed by atoms with Crippen LogP contribution in [-0.2, 0) is 0 Å². The van der Waals surface area contributed by atoms with E-state index in [9.17, 15) is 5.11 Å². The minimum Gasteiger partial charge on any atom is -0.396 e. The molecule has 0 spiro atoms. The number of hydrogen-bond acceptors (Lipinski definition) is 2. The lowest BCUT2D eigenvalue weighted by Crippen LogP contribution is -2.33. The molecule has 0 amide bonds. The van der Waals surface area contributed by atoms with Gasteiger partial charge in [-0.3, -0.25) is 0 Å². The van der Waals surface area contributed by atoms with Gasteiger partial charge in [0.15, 0.2) is 0 Å². The van der Waals surface area contributed by atoms with E-state index in [4.69, 9.17) is 0 Å². The molecular formula is C13H25NO. The maximum absolute atomic E-state index is 9.24. The van der Waals surface area contributed by atoms with Crippen LogP contribution in [-0.4, -0.2) is 24.3 Å². The molecule has 0 aromatic carbocycles. The second kappa shape index (κ2) is 5.31. The van der Waals surface area contributed by atoms with E-state index in [1.54, 1.807) is 0 Å². The summed E-state index contributed by atoms with van der Waals surface area (Å²) in [5.74, 6) is 2.24. The standard InChI is InChI=1S/C13H25NO/c1-10-5-6-13(7-10)14-8-11-3-2-4-12(11)9-15/h10-15H,2-9H2,1H3. The Morgan fingerprint density at radius 2 is 1.93 bits per heavy atom. The van der Waals surface area contributed by atoms with Crippen LogP contribution in [0.4, 0.5) is 0 Å². The normalized spacial score (nSPS) is 41.2. The molecule has 0 aromatic heterocycles. The molecule has 4 unspecified atom stereocenters. The molecule has 0 saturated heterocycles. The molecule has 2 heteroatoms. The lowest BCUT2D eigenvalue weighted by Gasteiger charge is -2.20. The van der Waals surface area contributed by atoms with Crippen LogP contribution in [0.3, 0.4) is 0 Å². The van der Waals surface area contributed by atoms with Crippen molar-refractivity contribution in [3.05, 3.63) is 0 Å². The Bertz CT molecular complexity index is 195. The zero-order valence-corrected chi connectivity index (χ0v) is 9.91. The van der Waals surface area contributed by atoms with E-state index in [0.717, 1.165) is 24.4 Å². The third-order valence-corrected chi connectivity index (χ3v) is 4.41. The minimum atomic E-state index is 0.396. The first-order valence-electron chi connectivity index (χ1n) is 6.64. The number of rotatable bonds is 4. The van der Waals surface area contributed by atoms with Crippen LogP contribution in [0.5, 0.6) is 0 Å². The summed E-state index contributed by atoms with van der Waals surface area (Å²) in [4.78, 5) is 0. The third-order valence-electron chi connectivity index (χ3n) is 4.41. The average Bonchev–Trinajstić information content (AvgIpc) is 2.83. The molecule has 0 bridgehead atoms. The highest BCUT2D eigenvalue weighted by Crippen LogP contribution is 2.31. The maximum atomic E-state index is 9.24. The van der Waals surface area contributed by atoms with Crippen molar-refractivity contribution in [2.75, 3.05) is 13.2 Å². The Labute approximate surface area is 93.5 Å². The summed E-state index contributed by atoms with van der Waals surface area (Å²) in [5, 5.41) is 12.9. The molecule has 2 aliphatic carbocycles. The third kappa shape index (κ3) is 2.94. The van der Waals surface area contributed by atoms with E-state index in [1.165, 1.54) is 38.5 Å². The molecule has 0 aliphatic heterocycles. The Kier molecular flexibility index (Phi) is 4.04. The molecule has 2 rings (SSSR count). The molecule has 2 saturated carbocycles. The summed E-state index contributed by atoms with van der Waals surface area (Å²) in [6.45, 7) is 3.89. The molecule has 0 aromatic rings. The summed E-state index contributed by atoms with van der Waals surface area (Å²) in [6, 6.07) is 0.764. The van der Waals surface area contributed by atoms with Crippen molar-refractivity contribution in [1.29, 1.82) is 0 Å². The summed E-state index contributed by atoms with van der Waals surface area (Å²) in [6.07, 6.45) is 7.99. The first kappa shape index (κ1) is 11.4. The van der Waals surface area contributed by atoms with Gasteiger partial charge in [-0.2, -0.15) is 0 Å². The van der Waals surface area contributed by atoms with Crippen LogP contribution >= 0.6 is 0 Å². The Morgan fingerprint density at radius 1 is 1.13 bits per heavy atom. The molecule has 0 heterocycles. The van der Waals surface area contributed by atoms with Gasteiger partial charge in [-0.25, -0.2) is 0 Å². The minimum absolute atomic E-state index is 0.396. The monoisotopic (exact) mass is 211 g/mol. The van der Waals surface area contributed by atoms with Crippen molar-refractivity contribution in [2.24, 2.45) is 17.8 Å². The zero-order valence-electron chi connectivity index (χ0n) is 9.91. The number of aliphatic hydroxyl groups excluding tert-OH is 1. The number of aliphatic hydroxyl groups is 1. The van der Waals surface area contributed by atoms with Gasteiger partial charge in [0.2, 0.25) is 0 Å². The SMILES string of the molecule is CC1CCC(NCC2CCCC2CO)C1. The molecule has 88 valence electrons. The van der Waals surface area contributed by atoms with Gasteiger partial charge in [-0.05, 0) is 56.4 Å². The zero-order chi connectivity index (χ0) is 10.7. The average molecular weight is 211 g/mol. The Balaban J connectivity index is 1.68. The number of hydrogen-bond donors (Lipinski definition) is 2. The predicted octanol–water partition coefficient (Wildman–Crippen LogP) is 2.17. The van der Waals surface area contributed by atoms with Gasteiger partial charge in [0.05, 0.1) is 0 Å². The molecular weight excluding hydrogens is 186 g/mol. The highest BCUT2D eigenvalue weighted by molar-refractivity contribution is 4.83. The summed E-state index contributed by atoms with van der Waals surface area (Å²) < 4.78 is 0. The maximum Gasteiger partial charge on any atom is 0.0462 e. The molecule has 4 atom stereocenters. The van der Waals surface area contributed by atoms with Gasteiger partial charge in [0, 0.05) is 12.6 Å². The fourth-order valence-corrected chi connectivity index (χ4v) is 3.33. The fourth-order valence-electron chi connectivity index (χ4n) is 3.33. The van der Waals surface area contributed by atoms with Gasteiger partial charge < -0.3 is 10.4 Å². The molecule has 2 nitrogen and oxygen atoms in total. The van der Waals surface area contributed by atoms with Crippen molar-refractivity contribution in [3.8, 4) is 0 Å². The van der Waals surface area contributed by atoms with E-state index in [0.29, 0.717) is 12.5 Å². The first-order valence-corrected chi connectivity index (χ1v) is 6.64. The molecule has 2 aliphatic rings. The van der Waals surface area contributed by atoms with E-state index in [-0.39, 0.29) is 0 Å². The van der Waals surface area contributed by atoms with Gasteiger partial charge in [0.25, 0.3) is 0 Å². The summed E-state index contributed by atoms with van der Waals surface area (Å²) in [7, 11) is 0. The summed E-state index contributed by atoms with van der Waals surface area (Å²) >= 11 is 0. The quantitative estimate of drug-likeness (QED) is 0.747. The molecule has 0 radical (unpaired) electrons. The predicted molar refractivity (Wildman–Crippen MR) is 62.7 cm³/mol. The van der Waals surface area contributed by atoms with Crippen LogP contribution in [0.15, 0.2) is 0 Å². The van der Waals surface area contributed by atoms with Gasteiger partial charge in [0.1, 0.15) is 0 Å². The Hall–Kier alpha value is -0.0800. The largest absolute Gasteiger partial charge is 0.396 e. The summed E-state index contributed by atoms with van der Waals surface area (Å²) in [5.41, 5.74) is 0. The van der Waals surface area contributed by atoms with Gasteiger partial charge in [-0.1, -0.05) is 13.3 Å². The van der Waals surface area contributed by atoms with Gasteiger partial charge >= 0.3 is 0 Å². The topological polar surface area (TPSA) is 32.3 Å². The van der Waals surface area contributed by atoms with Crippen molar-refractivity contribution in [2.45, 2.75) is 51.5 Å². The van der Waals surface area contributed by atoms with Crippen molar-refractivity contribution in [1.82, 2.24) is 5.32 Å². The van der Waals surface area contributed by atoms with Crippen molar-refractivity contribution >= 4 is 0 Å². The first-order chi connectivity index (χ1) is 7.29. The molecule has 2 fully saturated rings. The lowest BCUT2D eigenvalue weighted by atomic mass is 9.96. The van der Waals surface area contributed by atoms with Crippen LogP contribution in [0, 0.1) is 17.8 Å². The smallest absolute Gasteiger partial charge is 0.0462 e. The second-order valence-electron chi connectivity index (χ2n) is 5.66. The van der Waals surface area contributed by atoms with E-state index >= 15 is 0 Å². The van der Waals surface area contributed by atoms with Crippen molar-refractivity contribution < 1.29 is 5.11 Å². The van der Waals surface area contributed by atoms with E-state index in [2.05, 4.69) is 12.2 Å². The number of nitrogens with one attached hydrogen (secondary N) is 1. The molecule has 15 heavy (non-hydrogen) atoms. The van der Waals surface area contributed by atoms with Crippen molar-refractivity contribution in [3.63, 3.8) is 0 Å². The van der Waals surface area contributed by atoms with E-state index < -0.39 is 0 Å². The van der Waals surface area contributed by atoms with Crippen LogP contribution in [0.1, 0.15) is 45.4 Å². The molecule has 2 N–H and O–H groups in total. The van der Waals surface area contributed by atoms with Crippen LogP contribution in [0.2, 0.25) is 0 Å². The second-order valence-corrected chi connectivity index (χ2v) is 5.66. The van der Waals surface area contributed by atoms with Crippen LogP contribution in [0.25, 0.3) is 0 Å². The Morgan fingerprint density at radius 3 is 2.60 bits per heavy atom.